The van der Waals surface area contributed by atoms with Crippen LogP contribution < -0.4 is 5.32 Å². The van der Waals surface area contributed by atoms with Crippen molar-refractivity contribution in [3.05, 3.63) is 35.4 Å². The number of fused-ring (bicyclic) bond motifs is 1. The minimum Gasteiger partial charge on any atom is -0.311 e. The van der Waals surface area contributed by atoms with Crippen LogP contribution in [0.5, 0.6) is 0 Å². The standard InChI is InChI=1S/C16H23N/c1-16(9-5-2-6-10-16)17-12-14-11-13-7-3-4-8-15(13)14/h3-4,7-8,14,17H,2,5-6,9-12H2,1H3. The Kier molecular flexibility index (Phi) is 2.96. The summed E-state index contributed by atoms with van der Waals surface area (Å²) < 4.78 is 0. The normalized spacial score (nSPS) is 26.1. The molecule has 2 aliphatic rings. The number of hydrogen-bond acceptors (Lipinski definition) is 1. The van der Waals surface area contributed by atoms with E-state index in [0.717, 1.165) is 5.92 Å². The topological polar surface area (TPSA) is 12.0 Å². The Morgan fingerprint density at radius 2 is 1.94 bits per heavy atom. The van der Waals surface area contributed by atoms with Gasteiger partial charge in [-0.05, 0) is 37.3 Å². The van der Waals surface area contributed by atoms with Crippen molar-refractivity contribution in [3.8, 4) is 0 Å². The maximum Gasteiger partial charge on any atom is 0.0153 e. The molecule has 0 saturated heterocycles. The van der Waals surface area contributed by atoms with Crippen molar-refractivity contribution in [1.29, 1.82) is 0 Å². The Morgan fingerprint density at radius 1 is 1.18 bits per heavy atom. The molecule has 17 heavy (non-hydrogen) atoms. The summed E-state index contributed by atoms with van der Waals surface area (Å²) in [5.41, 5.74) is 3.57. The van der Waals surface area contributed by atoms with Gasteiger partial charge in [0.1, 0.15) is 0 Å². The van der Waals surface area contributed by atoms with Gasteiger partial charge in [-0.2, -0.15) is 0 Å². The van der Waals surface area contributed by atoms with E-state index in [-0.39, 0.29) is 0 Å². The highest BCUT2D eigenvalue weighted by Gasteiger charge is 2.30. The molecule has 0 amide bonds. The second-order valence-corrected chi connectivity index (χ2v) is 6.10. The number of rotatable bonds is 3. The molecular weight excluding hydrogens is 206 g/mol. The molecule has 0 spiro atoms. The average Bonchev–Trinajstić information content (AvgIpc) is 2.31. The second-order valence-electron chi connectivity index (χ2n) is 6.10. The molecule has 1 aromatic carbocycles. The molecule has 0 aromatic heterocycles. The first-order valence-electron chi connectivity index (χ1n) is 7.10. The maximum atomic E-state index is 3.84. The van der Waals surface area contributed by atoms with E-state index in [1.807, 2.05) is 0 Å². The Morgan fingerprint density at radius 3 is 2.71 bits per heavy atom. The van der Waals surface area contributed by atoms with Gasteiger partial charge in [0.15, 0.2) is 0 Å². The van der Waals surface area contributed by atoms with Crippen LogP contribution in [-0.4, -0.2) is 12.1 Å². The highest BCUT2D eigenvalue weighted by atomic mass is 15.0. The van der Waals surface area contributed by atoms with Crippen LogP contribution in [0.1, 0.15) is 56.1 Å². The van der Waals surface area contributed by atoms with Gasteiger partial charge >= 0.3 is 0 Å². The molecule has 0 bridgehead atoms. The minimum atomic E-state index is 0.419. The highest BCUT2D eigenvalue weighted by molar-refractivity contribution is 5.40. The average molecular weight is 229 g/mol. The summed E-state index contributed by atoms with van der Waals surface area (Å²) >= 11 is 0. The zero-order valence-electron chi connectivity index (χ0n) is 10.8. The van der Waals surface area contributed by atoms with Gasteiger partial charge < -0.3 is 5.32 Å². The van der Waals surface area contributed by atoms with Crippen molar-refractivity contribution < 1.29 is 0 Å². The van der Waals surface area contributed by atoms with Crippen molar-refractivity contribution in [2.75, 3.05) is 6.54 Å². The van der Waals surface area contributed by atoms with Crippen LogP contribution >= 0.6 is 0 Å². The Labute approximate surface area is 105 Å². The summed E-state index contributed by atoms with van der Waals surface area (Å²) in [5, 5.41) is 3.84. The van der Waals surface area contributed by atoms with Gasteiger partial charge in [0.05, 0.1) is 0 Å². The van der Waals surface area contributed by atoms with Crippen LogP contribution in [0.3, 0.4) is 0 Å². The van der Waals surface area contributed by atoms with Crippen LogP contribution in [-0.2, 0) is 6.42 Å². The lowest BCUT2D eigenvalue weighted by molar-refractivity contribution is 0.247. The summed E-state index contributed by atoms with van der Waals surface area (Å²) in [6.45, 7) is 3.59. The summed E-state index contributed by atoms with van der Waals surface area (Å²) in [6.07, 6.45) is 8.25. The molecule has 1 heteroatoms. The number of nitrogens with one attached hydrogen (secondary N) is 1. The molecule has 3 rings (SSSR count). The van der Waals surface area contributed by atoms with E-state index in [0.29, 0.717) is 5.54 Å². The highest BCUT2D eigenvalue weighted by Crippen LogP contribution is 2.35. The maximum absolute atomic E-state index is 3.84. The molecule has 1 atom stereocenters. The molecule has 0 heterocycles. The van der Waals surface area contributed by atoms with E-state index in [2.05, 4.69) is 36.5 Å². The van der Waals surface area contributed by atoms with E-state index >= 15 is 0 Å². The molecule has 1 nitrogen and oxygen atoms in total. The van der Waals surface area contributed by atoms with Gasteiger partial charge in [-0.25, -0.2) is 0 Å². The fourth-order valence-electron chi connectivity index (χ4n) is 3.42. The predicted molar refractivity (Wildman–Crippen MR) is 72.4 cm³/mol. The van der Waals surface area contributed by atoms with Crippen LogP contribution in [0.4, 0.5) is 0 Å². The molecule has 1 saturated carbocycles. The third kappa shape index (κ3) is 2.26. The SMILES string of the molecule is CC1(NCC2Cc3ccccc32)CCCCC1. The fraction of sp³-hybridized carbons (Fsp3) is 0.625. The zero-order valence-corrected chi connectivity index (χ0v) is 10.8. The quantitative estimate of drug-likeness (QED) is 0.834. The molecule has 0 radical (unpaired) electrons. The fourth-order valence-corrected chi connectivity index (χ4v) is 3.42. The molecule has 2 aliphatic carbocycles. The molecule has 1 aromatic rings. The lowest BCUT2D eigenvalue weighted by Gasteiger charge is -2.38. The van der Waals surface area contributed by atoms with E-state index in [9.17, 15) is 0 Å². The van der Waals surface area contributed by atoms with Crippen LogP contribution in [0.25, 0.3) is 0 Å². The van der Waals surface area contributed by atoms with Gasteiger partial charge in [-0.15, -0.1) is 0 Å². The summed E-state index contributed by atoms with van der Waals surface area (Å²) in [4.78, 5) is 0. The Hall–Kier alpha value is -0.820. The summed E-state index contributed by atoms with van der Waals surface area (Å²) in [7, 11) is 0. The smallest absolute Gasteiger partial charge is 0.0153 e. The van der Waals surface area contributed by atoms with Crippen molar-refractivity contribution >= 4 is 0 Å². The van der Waals surface area contributed by atoms with E-state index in [4.69, 9.17) is 0 Å². The van der Waals surface area contributed by atoms with Crippen molar-refractivity contribution in [2.45, 2.75) is 56.9 Å². The molecule has 1 unspecified atom stereocenters. The van der Waals surface area contributed by atoms with Crippen LogP contribution in [0.15, 0.2) is 24.3 Å². The Bertz CT molecular complexity index is 390. The summed E-state index contributed by atoms with van der Waals surface area (Å²) in [5.74, 6) is 0.768. The summed E-state index contributed by atoms with van der Waals surface area (Å²) in [6, 6.07) is 8.90. The minimum absolute atomic E-state index is 0.419. The first-order chi connectivity index (χ1) is 8.27. The van der Waals surface area contributed by atoms with Crippen molar-refractivity contribution in [2.24, 2.45) is 0 Å². The van der Waals surface area contributed by atoms with Crippen LogP contribution in [0.2, 0.25) is 0 Å². The van der Waals surface area contributed by atoms with Gasteiger partial charge in [-0.3, -0.25) is 0 Å². The molecule has 92 valence electrons. The third-order valence-corrected chi connectivity index (χ3v) is 4.69. The largest absolute Gasteiger partial charge is 0.311 e. The van der Waals surface area contributed by atoms with Crippen molar-refractivity contribution in [3.63, 3.8) is 0 Å². The van der Waals surface area contributed by atoms with E-state index in [1.165, 1.54) is 45.1 Å². The van der Waals surface area contributed by atoms with Gasteiger partial charge in [0.2, 0.25) is 0 Å². The lowest BCUT2D eigenvalue weighted by Crippen LogP contribution is -2.46. The number of hydrogen-bond donors (Lipinski definition) is 1. The lowest BCUT2D eigenvalue weighted by atomic mass is 9.76. The van der Waals surface area contributed by atoms with E-state index < -0.39 is 0 Å². The molecule has 0 aliphatic heterocycles. The van der Waals surface area contributed by atoms with Gasteiger partial charge in [0, 0.05) is 18.0 Å². The second kappa shape index (κ2) is 4.45. The first kappa shape index (κ1) is 11.3. The zero-order chi connectivity index (χ0) is 11.7. The predicted octanol–water partition coefficient (Wildman–Crippen LogP) is 3.64. The van der Waals surface area contributed by atoms with Crippen molar-refractivity contribution in [1.82, 2.24) is 5.32 Å². The third-order valence-electron chi connectivity index (χ3n) is 4.69. The van der Waals surface area contributed by atoms with Crippen LogP contribution in [0, 0.1) is 0 Å². The molecule has 1 N–H and O–H groups in total. The van der Waals surface area contributed by atoms with E-state index in [1.54, 1.807) is 11.1 Å². The van der Waals surface area contributed by atoms with Gasteiger partial charge in [-0.1, -0.05) is 43.5 Å². The Balaban J connectivity index is 1.56. The van der Waals surface area contributed by atoms with Gasteiger partial charge in [0.25, 0.3) is 0 Å². The molecule has 1 fully saturated rings. The monoisotopic (exact) mass is 229 g/mol. The molecular formula is C16H23N. The first-order valence-corrected chi connectivity index (χ1v) is 7.10. The number of benzene rings is 1.